The lowest BCUT2D eigenvalue weighted by atomic mass is 9.77. The zero-order valence-corrected chi connectivity index (χ0v) is 12.0. The second-order valence-corrected chi connectivity index (χ2v) is 5.69. The SMILES string of the molecule is C#CCN1CCN(C(=O)C2(CC)CCCNC2)CC1. The standard InChI is InChI=1S/C15H25N3O/c1-3-8-17-9-11-18(12-10-17)14(19)15(4-2)6-5-7-16-13-15/h1,16H,4-13H2,2H3. The first-order valence-electron chi connectivity index (χ1n) is 7.38. The number of hydrogen-bond donors (Lipinski definition) is 1. The van der Waals surface area contributed by atoms with Gasteiger partial charge < -0.3 is 10.2 Å². The molecule has 1 N–H and O–H groups in total. The number of terminal acetylenes is 1. The van der Waals surface area contributed by atoms with Crippen molar-refractivity contribution in [1.82, 2.24) is 15.1 Å². The van der Waals surface area contributed by atoms with Crippen LogP contribution in [0.25, 0.3) is 0 Å². The van der Waals surface area contributed by atoms with E-state index in [4.69, 9.17) is 6.42 Å². The smallest absolute Gasteiger partial charge is 0.230 e. The minimum absolute atomic E-state index is 0.160. The zero-order chi connectivity index (χ0) is 13.7. The molecule has 2 rings (SSSR count). The fraction of sp³-hybridized carbons (Fsp3) is 0.800. The highest BCUT2D eigenvalue weighted by molar-refractivity contribution is 5.83. The van der Waals surface area contributed by atoms with Crippen molar-refractivity contribution < 1.29 is 4.79 Å². The van der Waals surface area contributed by atoms with Gasteiger partial charge in [-0.15, -0.1) is 6.42 Å². The molecule has 0 aromatic heterocycles. The van der Waals surface area contributed by atoms with Gasteiger partial charge in [0.15, 0.2) is 0 Å². The topological polar surface area (TPSA) is 35.6 Å². The Hall–Kier alpha value is -1.05. The molecule has 1 unspecified atom stereocenters. The zero-order valence-electron chi connectivity index (χ0n) is 12.0. The summed E-state index contributed by atoms with van der Waals surface area (Å²) in [5.41, 5.74) is -0.160. The van der Waals surface area contributed by atoms with Crippen LogP contribution >= 0.6 is 0 Å². The molecule has 0 saturated carbocycles. The van der Waals surface area contributed by atoms with Gasteiger partial charge in [-0.05, 0) is 25.8 Å². The highest BCUT2D eigenvalue weighted by Gasteiger charge is 2.41. The van der Waals surface area contributed by atoms with Crippen LogP contribution < -0.4 is 5.32 Å². The van der Waals surface area contributed by atoms with Crippen LogP contribution in [0.4, 0.5) is 0 Å². The van der Waals surface area contributed by atoms with Crippen molar-refractivity contribution in [3.8, 4) is 12.3 Å². The van der Waals surface area contributed by atoms with E-state index in [-0.39, 0.29) is 5.41 Å². The predicted molar refractivity (Wildman–Crippen MR) is 76.7 cm³/mol. The maximum atomic E-state index is 12.8. The molecule has 0 bridgehead atoms. The van der Waals surface area contributed by atoms with Gasteiger partial charge in [-0.2, -0.15) is 0 Å². The Kier molecular flexibility index (Phi) is 4.84. The van der Waals surface area contributed by atoms with Crippen LogP contribution in [0, 0.1) is 17.8 Å². The van der Waals surface area contributed by atoms with Gasteiger partial charge in [0, 0.05) is 32.7 Å². The van der Waals surface area contributed by atoms with Gasteiger partial charge in [0.25, 0.3) is 0 Å². The second kappa shape index (κ2) is 6.40. The third-order valence-electron chi connectivity index (χ3n) is 4.58. The third-order valence-corrected chi connectivity index (χ3v) is 4.58. The molecule has 106 valence electrons. The monoisotopic (exact) mass is 263 g/mol. The maximum Gasteiger partial charge on any atom is 0.230 e. The number of hydrogen-bond acceptors (Lipinski definition) is 3. The molecule has 19 heavy (non-hydrogen) atoms. The Labute approximate surface area is 116 Å². The number of nitrogens with one attached hydrogen (secondary N) is 1. The number of amides is 1. The van der Waals surface area contributed by atoms with Crippen LogP contribution in [-0.2, 0) is 4.79 Å². The number of piperidine rings is 1. The molecule has 0 spiro atoms. The first-order valence-corrected chi connectivity index (χ1v) is 7.38. The highest BCUT2D eigenvalue weighted by atomic mass is 16.2. The van der Waals surface area contributed by atoms with Crippen molar-refractivity contribution in [3.63, 3.8) is 0 Å². The van der Waals surface area contributed by atoms with Gasteiger partial charge in [0.05, 0.1) is 12.0 Å². The number of rotatable bonds is 3. The number of carbonyl (C=O) groups is 1. The molecule has 4 heteroatoms. The third kappa shape index (κ3) is 3.10. The minimum Gasteiger partial charge on any atom is -0.340 e. The Balaban J connectivity index is 1.94. The Morgan fingerprint density at radius 3 is 2.63 bits per heavy atom. The van der Waals surface area contributed by atoms with Crippen molar-refractivity contribution in [2.24, 2.45) is 5.41 Å². The molecule has 2 heterocycles. The van der Waals surface area contributed by atoms with Crippen molar-refractivity contribution in [2.75, 3.05) is 45.8 Å². The fourth-order valence-corrected chi connectivity index (χ4v) is 3.18. The Morgan fingerprint density at radius 1 is 1.37 bits per heavy atom. The quantitative estimate of drug-likeness (QED) is 0.755. The van der Waals surface area contributed by atoms with Gasteiger partial charge in [0.1, 0.15) is 0 Å². The van der Waals surface area contributed by atoms with Crippen LogP contribution in [-0.4, -0.2) is 61.5 Å². The minimum atomic E-state index is -0.160. The number of piperazine rings is 1. The lowest BCUT2D eigenvalue weighted by molar-refractivity contribution is -0.145. The molecule has 0 aliphatic carbocycles. The fourth-order valence-electron chi connectivity index (χ4n) is 3.18. The lowest BCUT2D eigenvalue weighted by Crippen LogP contribution is -2.56. The molecule has 1 amide bonds. The Morgan fingerprint density at radius 2 is 2.11 bits per heavy atom. The summed E-state index contributed by atoms with van der Waals surface area (Å²) in [6, 6.07) is 0. The number of carbonyl (C=O) groups excluding carboxylic acids is 1. The van der Waals surface area contributed by atoms with E-state index in [0.29, 0.717) is 12.5 Å². The first kappa shape index (κ1) is 14.4. The van der Waals surface area contributed by atoms with Gasteiger partial charge in [-0.3, -0.25) is 9.69 Å². The second-order valence-electron chi connectivity index (χ2n) is 5.69. The van der Waals surface area contributed by atoms with Crippen molar-refractivity contribution in [2.45, 2.75) is 26.2 Å². The van der Waals surface area contributed by atoms with Crippen molar-refractivity contribution in [1.29, 1.82) is 0 Å². The van der Waals surface area contributed by atoms with E-state index in [1.54, 1.807) is 0 Å². The molecular formula is C15H25N3O. The Bertz CT molecular complexity index is 347. The van der Waals surface area contributed by atoms with E-state index in [0.717, 1.165) is 58.5 Å². The van der Waals surface area contributed by atoms with E-state index in [2.05, 4.69) is 23.1 Å². The molecule has 0 radical (unpaired) electrons. The van der Waals surface area contributed by atoms with Crippen molar-refractivity contribution >= 4 is 5.91 Å². The van der Waals surface area contributed by atoms with Crippen LogP contribution in [0.3, 0.4) is 0 Å². The van der Waals surface area contributed by atoms with Crippen LogP contribution in [0.1, 0.15) is 26.2 Å². The highest BCUT2D eigenvalue weighted by Crippen LogP contribution is 2.32. The normalized spacial score (nSPS) is 28.9. The molecule has 1 atom stereocenters. The summed E-state index contributed by atoms with van der Waals surface area (Å²) in [6.07, 6.45) is 8.40. The molecule has 2 saturated heterocycles. The largest absolute Gasteiger partial charge is 0.340 e. The molecule has 0 aromatic carbocycles. The summed E-state index contributed by atoms with van der Waals surface area (Å²) >= 11 is 0. The first-order chi connectivity index (χ1) is 9.22. The summed E-state index contributed by atoms with van der Waals surface area (Å²) in [5.74, 6) is 3.03. The predicted octanol–water partition coefficient (Wildman–Crippen LogP) is 0.544. The van der Waals surface area contributed by atoms with E-state index in [1.807, 2.05) is 4.90 Å². The van der Waals surface area contributed by atoms with Crippen LogP contribution in [0.2, 0.25) is 0 Å². The molecule has 2 fully saturated rings. The average Bonchev–Trinajstić information content (AvgIpc) is 2.48. The van der Waals surface area contributed by atoms with Gasteiger partial charge in [-0.1, -0.05) is 12.8 Å². The van der Waals surface area contributed by atoms with Gasteiger partial charge >= 0.3 is 0 Å². The molecule has 4 nitrogen and oxygen atoms in total. The summed E-state index contributed by atoms with van der Waals surface area (Å²) in [5, 5.41) is 3.39. The lowest BCUT2D eigenvalue weighted by Gasteiger charge is -2.42. The summed E-state index contributed by atoms with van der Waals surface area (Å²) in [6.45, 7) is 8.18. The van der Waals surface area contributed by atoms with Gasteiger partial charge in [-0.25, -0.2) is 0 Å². The molecular weight excluding hydrogens is 238 g/mol. The summed E-state index contributed by atoms with van der Waals surface area (Å²) in [4.78, 5) is 17.1. The molecule has 2 aliphatic heterocycles. The average molecular weight is 263 g/mol. The van der Waals surface area contributed by atoms with Crippen molar-refractivity contribution in [3.05, 3.63) is 0 Å². The summed E-state index contributed by atoms with van der Waals surface area (Å²) < 4.78 is 0. The van der Waals surface area contributed by atoms with E-state index < -0.39 is 0 Å². The van der Waals surface area contributed by atoms with E-state index >= 15 is 0 Å². The van der Waals surface area contributed by atoms with Gasteiger partial charge in [0.2, 0.25) is 5.91 Å². The van der Waals surface area contributed by atoms with E-state index in [9.17, 15) is 4.79 Å². The molecule has 0 aromatic rings. The summed E-state index contributed by atoms with van der Waals surface area (Å²) in [7, 11) is 0. The maximum absolute atomic E-state index is 12.8. The molecule has 2 aliphatic rings. The number of nitrogens with zero attached hydrogens (tertiary/aromatic N) is 2. The van der Waals surface area contributed by atoms with E-state index in [1.165, 1.54) is 0 Å². The van der Waals surface area contributed by atoms with Crippen LogP contribution in [0.15, 0.2) is 0 Å². The van der Waals surface area contributed by atoms with Crippen LogP contribution in [0.5, 0.6) is 0 Å².